The molecule has 0 aliphatic heterocycles. The standard InChI is InChI=1S/C25H21ClF3N3O2/c26-17-9-12-21(20(14-17)25(27,28)29)32-24(34)22(15-5-2-1-3-6-15)30-19-8-4-7-16(13-19)23(33)31-18-10-11-18/h1-9,12-14,18,22,30H,10-11H2,(H,31,33)(H,32,34)/t22-/m1/s1. The van der Waals surface area contributed by atoms with Gasteiger partial charge >= 0.3 is 6.18 Å². The molecule has 176 valence electrons. The van der Waals surface area contributed by atoms with Crippen LogP contribution < -0.4 is 16.0 Å². The summed E-state index contributed by atoms with van der Waals surface area (Å²) in [5.41, 5.74) is -0.0164. The molecule has 0 aromatic heterocycles. The molecule has 3 N–H and O–H groups in total. The number of benzene rings is 3. The van der Waals surface area contributed by atoms with E-state index < -0.39 is 29.4 Å². The lowest BCUT2D eigenvalue weighted by Crippen LogP contribution is -2.29. The second kappa shape index (κ2) is 9.77. The zero-order chi connectivity index (χ0) is 24.3. The van der Waals surface area contributed by atoms with Crippen molar-refractivity contribution in [1.82, 2.24) is 5.32 Å². The molecule has 1 aliphatic rings. The first-order chi connectivity index (χ1) is 16.2. The molecular formula is C25H21ClF3N3O2. The predicted octanol–water partition coefficient (Wildman–Crippen LogP) is 6.04. The van der Waals surface area contributed by atoms with Gasteiger partial charge in [0.25, 0.3) is 11.8 Å². The molecule has 34 heavy (non-hydrogen) atoms. The van der Waals surface area contributed by atoms with Crippen molar-refractivity contribution in [3.63, 3.8) is 0 Å². The van der Waals surface area contributed by atoms with Gasteiger partial charge in [0.15, 0.2) is 0 Å². The molecule has 1 saturated carbocycles. The largest absolute Gasteiger partial charge is 0.418 e. The summed E-state index contributed by atoms with van der Waals surface area (Å²) in [4.78, 5) is 25.6. The van der Waals surface area contributed by atoms with Gasteiger partial charge in [0.2, 0.25) is 0 Å². The summed E-state index contributed by atoms with van der Waals surface area (Å²) in [6.45, 7) is 0. The van der Waals surface area contributed by atoms with Gasteiger partial charge in [0.05, 0.1) is 11.3 Å². The van der Waals surface area contributed by atoms with Gasteiger partial charge in [-0.3, -0.25) is 9.59 Å². The molecule has 0 saturated heterocycles. The van der Waals surface area contributed by atoms with Crippen LogP contribution in [-0.2, 0) is 11.0 Å². The van der Waals surface area contributed by atoms with Gasteiger partial charge in [0.1, 0.15) is 6.04 Å². The van der Waals surface area contributed by atoms with E-state index in [9.17, 15) is 22.8 Å². The van der Waals surface area contributed by atoms with Crippen molar-refractivity contribution < 1.29 is 22.8 Å². The maximum absolute atomic E-state index is 13.5. The number of amides is 2. The molecule has 0 radical (unpaired) electrons. The predicted molar refractivity (Wildman–Crippen MR) is 125 cm³/mol. The number of nitrogens with one attached hydrogen (secondary N) is 3. The van der Waals surface area contributed by atoms with Gasteiger partial charge in [-0.1, -0.05) is 48.0 Å². The zero-order valence-corrected chi connectivity index (χ0v) is 18.6. The summed E-state index contributed by atoms with van der Waals surface area (Å²) in [6.07, 6.45) is -2.80. The normalized spacial score (nSPS) is 14.2. The third-order valence-corrected chi connectivity index (χ3v) is 5.52. The van der Waals surface area contributed by atoms with E-state index >= 15 is 0 Å². The van der Waals surface area contributed by atoms with Gasteiger partial charge in [-0.05, 0) is 54.8 Å². The van der Waals surface area contributed by atoms with Crippen molar-refractivity contribution in [2.75, 3.05) is 10.6 Å². The van der Waals surface area contributed by atoms with Gasteiger partial charge in [-0.25, -0.2) is 0 Å². The van der Waals surface area contributed by atoms with E-state index in [0.717, 1.165) is 25.0 Å². The minimum absolute atomic E-state index is 0.0932. The molecule has 9 heteroatoms. The van der Waals surface area contributed by atoms with Crippen LogP contribution in [0.3, 0.4) is 0 Å². The van der Waals surface area contributed by atoms with Crippen LogP contribution >= 0.6 is 11.6 Å². The molecule has 1 aliphatic carbocycles. The van der Waals surface area contributed by atoms with Crippen LogP contribution in [0.4, 0.5) is 24.5 Å². The summed E-state index contributed by atoms with van der Waals surface area (Å²) in [5.74, 6) is -0.922. The maximum atomic E-state index is 13.5. The van der Waals surface area contributed by atoms with Crippen LogP contribution in [0.25, 0.3) is 0 Å². The molecule has 2 amide bonds. The number of rotatable bonds is 7. The van der Waals surface area contributed by atoms with E-state index in [2.05, 4.69) is 16.0 Å². The van der Waals surface area contributed by atoms with Crippen molar-refractivity contribution in [2.45, 2.75) is 31.1 Å². The van der Waals surface area contributed by atoms with E-state index in [1.54, 1.807) is 54.6 Å². The monoisotopic (exact) mass is 487 g/mol. The minimum Gasteiger partial charge on any atom is -0.370 e. The Hall–Kier alpha value is -3.52. The number of carbonyl (C=O) groups is 2. The Balaban J connectivity index is 1.61. The molecule has 3 aromatic carbocycles. The summed E-state index contributed by atoms with van der Waals surface area (Å²) in [5, 5.41) is 8.23. The zero-order valence-electron chi connectivity index (χ0n) is 17.8. The Kier molecular flexibility index (Phi) is 6.79. The Labute approximate surface area is 199 Å². The number of anilines is 2. The molecule has 0 unspecified atom stereocenters. The fourth-order valence-electron chi connectivity index (χ4n) is 3.42. The molecule has 4 rings (SSSR count). The Morgan fingerprint density at radius 1 is 0.941 bits per heavy atom. The lowest BCUT2D eigenvalue weighted by molar-refractivity contribution is -0.137. The average Bonchev–Trinajstić information content (AvgIpc) is 3.62. The number of alkyl halides is 3. The molecule has 0 heterocycles. The third kappa shape index (κ3) is 5.88. The van der Waals surface area contributed by atoms with Gasteiger partial charge in [-0.15, -0.1) is 0 Å². The first-order valence-electron chi connectivity index (χ1n) is 10.6. The Morgan fingerprint density at radius 3 is 2.35 bits per heavy atom. The van der Waals surface area contributed by atoms with Crippen LogP contribution in [0.1, 0.15) is 40.4 Å². The lowest BCUT2D eigenvalue weighted by atomic mass is 10.0. The maximum Gasteiger partial charge on any atom is 0.418 e. The van der Waals surface area contributed by atoms with Crippen molar-refractivity contribution in [1.29, 1.82) is 0 Å². The van der Waals surface area contributed by atoms with Crippen molar-refractivity contribution in [3.05, 3.63) is 94.5 Å². The van der Waals surface area contributed by atoms with E-state index in [1.165, 1.54) is 6.07 Å². The fourth-order valence-corrected chi connectivity index (χ4v) is 3.60. The molecule has 1 atom stereocenters. The molecule has 3 aromatic rings. The smallest absolute Gasteiger partial charge is 0.370 e. The van der Waals surface area contributed by atoms with E-state index in [0.29, 0.717) is 16.8 Å². The summed E-state index contributed by atoms with van der Waals surface area (Å²) in [7, 11) is 0. The van der Waals surface area contributed by atoms with Crippen LogP contribution in [-0.4, -0.2) is 17.9 Å². The number of hydrogen-bond donors (Lipinski definition) is 3. The SMILES string of the molecule is O=C(NC1CC1)c1cccc(N[C@@H](C(=O)Nc2ccc(Cl)cc2C(F)(F)F)c2ccccc2)c1. The number of carbonyl (C=O) groups excluding carboxylic acids is 2. The van der Waals surface area contributed by atoms with Crippen molar-refractivity contribution in [3.8, 4) is 0 Å². The van der Waals surface area contributed by atoms with Crippen molar-refractivity contribution in [2.24, 2.45) is 0 Å². The summed E-state index contributed by atoms with van der Waals surface area (Å²) >= 11 is 5.74. The van der Waals surface area contributed by atoms with E-state index in [-0.39, 0.29) is 17.0 Å². The lowest BCUT2D eigenvalue weighted by Gasteiger charge is -2.22. The highest BCUT2D eigenvalue weighted by molar-refractivity contribution is 6.30. The van der Waals surface area contributed by atoms with E-state index in [1.807, 2.05) is 0 Å². The third-order valence-electron chi connectivity index (χ3n) is 5.29. The average molecular weight is 488 g/mol. The minimum atomic E-state index is -4.70. The quantitative estimate of drug-likeness (QED) is 0.380. The second-order valence-corrected chi connectivity index (χ2v) is 8.43. The van der Waals surface area contributed by atoms with Crippen LogP contribution in [0, 0.1) is 0 Å². The molecule has 0 bridgehead atoms. The first-order valence-corrected chi connectivity index (χ1v) is 11.0. The Morgan fingerprint density at radius 2 is 1.68 bits per heavy atom. The van der Waals surface area contributed by atoms with Gasteiger partial charge in [0, 0.05) is 22.3 Å². The number of hydrogen-bond acceptors (Lipinski definition) is 3. The van der Waals surface area contributed by atoms with Gasteiger partial charge < -0.3 is 16.0 Å². The van der Waals surface area contributed by atoms with Crippen LogP contribution in [0.2, 0.25) is 5.02 Å². The summed E-state index contributed by atoms with van der Waals surface area (Å²) in [6, 6.07) is 17.5. The molecule has 0 spiro atoms. The molecule has 5 nitrogen and oxygen atoms in total. The highest BCUT2D eigenvalue weighted by atomic mass is 35.5. The van der Waals surface area contributed by atoms with Crippen LogP contribution in [0.5, 0.6) is 0 Å². The highest BCUT2D eigenvalue weighted by Crippen LogP contribution is 2.37. The highest BCUT2D eigenvalue weighted by Gasteiger charge is 2.35. The first kappa shape index (κ1) is 23.6. The molecular weight excluding hydrogens is 467 g/mol. The fraction of sp³-hybridized carbons (Fsp3) is 0.200. The van der Waals surface area contributed by atoms with Gasteiger partial charge in [-0.2, -0.15) is 13.2 Å². The van der Waals surface area contributed by atoms with Crippen LogP contribution in [0.15, 0.2) is 72.8 Å². The van der Waals surface area contributed by atoms with Crippen molar-refractivity contribution >= 4 is 34.8 Å². The Bertz CT molecular complexity index is 1200. The molecule has 1 fully saturated rings. The topological polar surface area (TPSA) is 70.2 Å². The second-order valence-electron chi connectivity index (χ2n) is 7.99. The van der Waals surface area contributed by atoms with E-state index in [4.69, 9.17) is 11.6 Å². The number of halogens is 4. The summed E-state index contributed by atoms with van der Waals surface area (Å²) < 4.78 is 40.5.